The van der Waals surface area contributed by atoms with Crippen LogP contribution in [0.15, 0.2) is 35.4 Å². The molecule has 0 spiro atoms. The van der Waals surface area contributed by atoms with Crippen LogP contribution in [0.25, 0.3) is 0 Å². The van der Waals surface area contributed by atoms with Gasteiger partial charge in [-0.2, -0.15) is 5.10 Å². The molecule has 1 aromatic carbocycles. The van der Waals surface area contributed by atoms with Gasteiger partial charge in [-0.25, -0.2) is 5.43 Å². The number of alkyl halides is 1. The van der Waals surface area contributed by atoms with E-state index in [-0.39, 0.29) is 11.8 Å². The summed E-state index contributed by atoms with van der Waals surface area (Å²) in [5, 5.41) is 3.61. The van der Waals surface area contributed by atoms with E-state index in [0.29, 0.717) is 5.56 Å². The molecule has 0 saturated carbocycles. The van der Waals surface area contributed by atoms with Crippen LogP contribution in [0.5, 0.6) is 0 Å². The molecule has 0 bridgehead atoms. The Labute approximate surface area is 81.4 Å². The summed E-state index contributed by atoms with van der Waals surface area (Å²) in [6, 6.07) is 8.86. The minimum absolute atomic E-state index is 0.234. The molecule has 0 unspecified atom stereocenters. The van der Waals surface area contributed by atoms with Crippen molar-refractivity contribution in [3.05, 3.63) is 35.9 Å². The quantitative estimate of drug-likeness (QED) is 0.446. The topological polar surface area (TPSA) is 41.5 Å². The van der Waals surface area contributed by atoms with Gasteiger partial charge in [0.15, 0.2) is 0 Å². The zero-order chi connectivity index (χ0) is 9.52. The highest BCUT2D eigenvalue weighted by Crippen LogP contribution is 1.96. The Bertz CT molecular complexity index is 298. The molecule has 0 radical (unpaired) electrons. The van der Waals surface area contributed by atoms with E-state index in [4.69, 9.17) is 11.6 Å². The molecule has 0 aliphatic heterocycles. The van der Waals surface area contributed by atoms with E-state index in [1.807, 2.05) is 6.07 Å². The largest absolute Gasteiger partial charge is 0.271 e. The lowest BCUT2D eigenvalue weighted by atomic mass is 10.2. The lowest BCUT2D eigenvalue weighted by molar-refractivity contribution is 0.0955. The van der Waals surface area contributed by atoms with Crippen molar-refractivity contribution in [2.45, 2.75) is 0 Å². The van der Waals surface area contributed by atoms with E-state index in [0.717, 1.165) is 0 Å². The molecule has 0 fully saturated rings. The van der Waals surface area contributed by atoms with Crippen LogP contribution >= 0.6 is 11.6 Å². The van der Waals surface area contributed by atoms with Crippen molar-refractivity contribution in [3.63, 3.8) is 0 Å². The van der Waals surface area contributed by atoms with Gasteiger partial charge in [0.1, 0.15) is 0 Å². The molecule has 0 atom stereocenters. The first-order valence-electron chi connectivity index (χ1n) is 3.77. The Morgan fingerprint density at radius 2 is 2.15 bits per heavy atom. The van der Waals surface area contributed by atoms with Crippen molar-refractivity contribution in [2.75, 3.05) is 5.88 Å². The Hall–Kier alpha value is -1.35. The minimum Gasteiger partial charge on any atom is -0.267 e. The third-order valence-electron chi connectivity index (χ3n) is 1.36. The van der Waals surface area contributed by atoms with Gasteiger partial charge in [0.05, 0.1) is 5.88 Å². The number of carbonyl (C=O) groups excluding carboxylic acids is 1. The fourth-order valence-electron chi connectivity index (χ4n) is 0.793. The summed E-state index contributed by atoms with van der Waals surface area (Å²) < 4.78 is 0. The predicted molar refractivity (Wildman–Crippen MR) is 53.1 cm³/mol. The molecule has 0 aromatic heterocycles. The van der Waals surface area contributed by atoms with Gasteiger partial charge in [0, 0.05) is 11.8 Å². The number of rotatable bonds is 3. The second-order valence-corrected chi connectivity index (χ2v) is 2.58. The van der Waals surface area contributed by atoms with Crippen LogP contribution in [-0.2, 0) is 0 Å². The van der Waals surface area contributed by atoms with Crippen molar-refractivity contribution in [3.8, 4) is 0 Å². The standard InChI is InChI=1S/C9H9ClN2O/c10-6-7-11-12-9(13)8-4-2-1-3-5-8/h1-5,7H,6H2,(H,12,13)/b11-7-. The van der Waals surface area contributed by atoms with Crippen molar-refractivity contribution in [1.29, 1.82) is 0 Å². The van der Waals surface area contributed by atoms with E-state index >= 15 is 0 Å². The number of benzene rings is 1. The Morgan fingerprint density at radius 1 is 1.46 bits per heavy atom. The normalized spacial score (nSPS) is 10.2. The smallest absolute Gasteiger partial charge is 0.267 e. The maximum atomic E-state index is 11.3. The van der Waals surface area contributed by atoms with E-state index in [9.17, 15) is 4.79 Å². The van der Waals surface area contributed by atoms with Gasteiger partial charge in [-0.15, -0.1) is 11.6 Å². The number of nitrogens with one attached hydrogen (secondary N) is 1. The first-order chi connectivity index (χ1) is 6.34. The van der Waals surface area contributed by atoms with E-state index < -0.39 is 0 Å². The molecular formula is C9H9ClN2O. The minimum atomic E-state index is -0.234. The average Bonchev–Trinajstić information content (AvgIpc) is 2.19. The van der Waals surface area contributed by atoms with Crippen LogP contribution in [0.3, 0.4) is 0 Å². The zero-order valence-corrected chi connectivity index (χ0v) is 7.66. The molecule has 1 aromatic rings. The van der Waals surface area contributed by atoms with Gasteiger partial charge >= 0.3 is 0 Å². The van der Waals surface area contributed by atoms with E-state index in [1.165, 1.54) is 6.21 Å². The molecule has 3 nitrogen and oxygen atoms in total. The third-order valence-corrected chi connectivity index (χ3v) is 1.50. The molecule has 4 heteroatoms. The average molecular weight is 197 g/mol. The highest BCUT2D eigenvalue weighted by atomic mass is 35.5. The van der Waals surface area contributed by atoms with Gasteiger partial charge in [-0.05, 0) is 12.1 Å². The number of nitrogens with zero attached hydrogens (tertiary/aromatic N) is 1. The fourth-order valence-corrected chi connectivity index (χ4v) is 0.862. The van der Waals surface area contributed by atoms with Crippen LogP contribution in [0, 0.1) is 0 Å². The lowest BCUT2D eigenvalue weighted by Crippen LogP contribution is -2.17. The third kappa shape index (κ3) is 3.25. The summed E-state index contributed by atoms with van der Waals surface area (Å²) in [6.07, 6.45) is 1.42. The summed E-state index contributed by atoms with van der Waals surface area (Å²) >= 11 is 5.33. The maximum Gasteiger partial charge on any atom is 0.271 e. The van der Waals surface area contributed by atoms with Crippen molar-refractivity contribution in [1.82, 2.24) is 5.43 Å². The summed E-state index contributed by atoms with van der Waals surface area (Å²) in [5.41, 5.74) is 2.92. The predicted octanol–water partition coefficient (Wildman–Crippen LogP) is 1.64. The molecule has 0 aliphatic carbocycles. The first-order valence-corrected chi connectivity index (χ1v) is 4.31. The summed E-state index contributed by atoms with van der Waals surface area (Å²) in [7, 11) is 0. The van der Waals surface area contributed by atoms with Gasteiger partial charge < -0.3 is 0 Å². The maximum absolute atomic E-state index is 11.3. The second-order valence-electron chi connectivity index (χ2n) is 2.27. The van der Waals surface area contributed by atoms with E-state index in [1.54, 1.807) is 24.3 Å². The van der Waals surface area contributed by atoms with Crippen LogP contribution in [0.4, 0.5) is 0 Å². The van der Waals surface area contributed by atoms with Crippen LogP contribution in [0.2, 0.25) is 0 Å². The molecular weight excluding hydrogens is 188 g/mol. The number of hydrazone groups is 1. The Kier molecular flexibility index (Phi) is 3.99. The molecule has 13 heavy (non-hydrogen) atoms. The lowest BCUT2D eigenvalue weighted by Gasteiger charge is -1.97. The van der Waals surface area contributed by atoms with Gasteiger partial charge in [0.25, 0.3) is 5.91 Å². The van der Waals surface area contributed by atoms with Gasteiger partial charge in [-0.3, -0.25) is 4.79 Å². The van der Waals surface area contributed by atoms with Crippen molar-refractivity contribution < 1.29 is 4.79 Å². The summed E-state index contributed by atoms with van der Waals surface area (Å²) in [4.78, 5) is 11.3. The number of halogens is 1. The molecule has 1 rings (SSSR count). The fraction of sp³-hybridized carbons (Fsp3) is 0.111. The molecule has 0 aliphatic rings. The van der Waals surface area contributed by atoms with E-state index in [2.05, 4.69) is 10.5 Å². The van der Waals surface area contributed by atoms with Crippen LogP contribution in [-0.4, -0.2) is 18.0 Å². The Morgan fingerprint density at radius 3 is 2.77 bits per heavy atom. The molecule has 0 heterocycles. The van der Waals surface area contributed by atoms with Gasteiger partial charge in [-0.1, -0.05) is 18.2 Å². The highest BCUT2D eigenvalue weighted by molar-refractivity contribution is 6.24. The highest BCUT2D eigenvalue weighted by Gasteiger charge is 2.00. The summed E-state index contributed by atoms with van der Waals surface area (Å²) in [5.74, 6) is 0.0525. The molecule has 68 valence electrons. The molecule has 0 saturated heterocycles. The zero-order valence-electron chi connectivity index (χ0n) is 6.90. The number of amides is 1. The monoisotopic (exact) mass is 196 g/mol. The Balaban J connectivity index is 2.54. The second kappa shape index (κ2) is 5.32. The van der Waals surface area contributed by atoms with Crippen LogP contribution in [0.1, 0.15) is 10.4 Å². The van der Waals surface area contributed by atoms with Crippen molar-refractivity contribution >= 4 is 23.7 Å². The SMILES string of the molecule is O=C(N/N=C\CCl)c1ccccc1. The molecule has 1 amide bonds. The molecule has 1 N–H and O–H groups in total. The number of carbonyl (C=O) groups is 1. The van der Waals surface area contributed by atoms with Crippen molar-refractivity contribution in [2.24, 2.45) is 5.10 Å². The first kappa shape index (κ1) is 9.74. The van der Waals surface area contributed by atoms with Gasteiger partial charge in [0.2, 0.25) is 0 Å². The van der Waals surface area contributed by atoms with Crippen LogP contribution < -0.4 is 5.43 Å². The number of hydrogen-bond donors (Lipinski definition) is 1. The summed E-state index contributed by atoms with van der Waals surface area (Å²) in [6.45, 7) is 0. The number of hydrogen-bond acceptors (Lipinski definition) is 2.